The number of ether oxygens (including phenoxy) is 1. The quantitative estimate of drug-likeness (QED) is 0.0158. The van der Waals surface area contributed by atoms with Crippen LogP contribution in [0.3, 0.4) is 0 Å². The topological polar surface area (TPSA) is 27.7 Å². The van der Waals surface area contributed by atoms with Crippen molar-refractivity contribution in [3.05, 3.63) is 24.3 Å². The Morgan fingerprint density at radius 1 is 0.604 bits per heavy atom. The van der Waals surface area contributed by atoms with E-state index in [9.17, 15) is 0 Å². The van der Waals surface area contributed by atoms with Crippen molar-refractivity contribution < 1.29 is 13.6 Å². The van der Waals surface area contributed by atoms with Gasteiger partial charge in [0.25, 0.3) is 0 Å². The summed E-state index contributed by atoms with van der Waals surface area (Å²) < 4.78 is 20.6. The van der Waals surface area contributed by atoms with Crippen molar-refractivity contribution in [3.63, 3.8) is 0 Å². The number of allylic oxidation sites excluding steroid dienone is 4. The molecule has 0 aromatic carbocycles. The molecule has 0 spiro atoms. The SMILES string of the molecule is CCCCC/C=C\C/C=C\CCCCCCCC(OCCCCCCCCCCCC1CCCCC1)O[Si](C)(C)OCCCCCCI. The molecule has 1 saturated carbocycles. The molecule has 1 aliphatic rings. The molecule has 1 atom stereocenters. The van der Waals surface area contributed by atoms with Crippen LogP contribution in [0.1, 0.15) is 206 Å². The van der Waals surface area contributed by atoms with Gasteiger partial charge in [0.05, 0.1) is 0 Å². The fraction of sp³-hybridized carbons (Fsp3) is 0.907. The molecule has 0 aromatic heterocycles. The zero-order valence-electron chi connectivity index (χ0n) is 32.6. The lowest BCUT2D eigenvalue weighted by Gasteiger charge is -2.29. The van der Waals surface area contributed by atoms with Crippen LogP contribution in [0.15, 0.2) is 24.3 Å². The molecule has 48 heavy (non-hydrogen) atoms. The van der Waals surface area contributed by atoms with E-state index in [0.29, 0.717) is 0 Å². The van der Waals surface area contributed by atoms with Gasteiger partial charge in [-0.3, -0.25) is 0 Å². The van der Waals surface area contributed by atoms with E-state index in [1.807, 2.05) is 0 Å². The molecular formula is C43H83IO3Si. The molecule has 5 heteroatoms. The molecule has 1 unspecified atom stereocenters. The van der Waals surface area contributed by atoms with Crippen LogP contribution in [-0.4, -0.2) is 32.5 Å². The van der Waals surface area contributed by atoms with E-state index in [1.165, 1.54) is 178 Å². The standard InChI is InChI=1S/C43H83IO3Si/c1-4-5-6-7-8-9-10-11-12-13-14-17-20-23-31-38-43(47-48(2,3)46-41-34-26-24-32-39-44)45-40-33-25-21-18-15-16-19-22-28-35-42-36-29-27-30-37-42/h8-9,11-12,42-43H,4-7,10,13-41H2,1-3H3/b9-8-,12-11-. The first-order valence-corrected chi connectivity index (χ1v) is 25.7. The van der Waals surface area contributed by atoms with E-state index in [2.05, 4.69) is 66.9 Å². The second-order valence-corrected chi connectivity index (χ2v) is 19.7. The minimum Gasteiger partial charge on any atom is -0.394 e. The maximum atomic E-state index is 6.59. The van der Waals surface area contributed by atoms with E-state index in [-0.39, 0.29) is 6.29 Å². The maximum absolute atomic E-state index is 6.59. The van der Waals surface area contributed by atoms with Crippen molar-refractivity contribution in [3.8, 4) is 0 Å². The predicted octanol–water partition coefficient (Wildman–Crippen LogP) is 15.4. The van der Waals surface area contributed by atoms with Crippen molar-refractivity contribution in [2.75, 3.05) is 17.6 Å². The van der Waals surface area contributed by atoms with Gasteiger partial charge in [-0.2, -0.15) is 0 Å². The average molecular weight is 803 g/mol. The van der Waals surface area contributed by atoms with Crippen LogP contribution in [0.4, 0.5) is 0 Å². The Bertz CT molecular complexity index is 706. The molecule has 284 valence electrons. The summed E-state index contributed by atoms with van der Waals surface area (Å²) in [5, 5.41) is 0. The minimum absolute atomic E-state index is 0.0998. The summed E-state index contributed by atoms with van der Waals surface area (Å²) in [4.78, 5) is 0. The first-order valence-electron chi connectivity index (χ1n) is 21.4. The van der Waals surface area contributed by atoms with E-state index >= 15 is 0 Å². The average Bonchev–Trinajstić information content (AvgIpc) is 3.08. The van der Waals surface area contributed by atoms with E-state index in [4.69, 9.17) is 13.6 Å². The molecule has 1 fully saturated rings. The highest BCUT2D eigenvalue weighted by molar-refractivity contribution is 14.1. The highest BCUT2D eigenvalue weighted by Crippen LogP contribution is 2.28. The Balaban J connectivity index is 2.18. The smallest absolute Gasteiger partial charge is 0.333 e. The maximum Gasteiger partial charge on any atom is 0.333 e. The van der Waals surface area contributed by atoms with Gasteiger partial charge >= 0.3 is 8.56 Å². The molecular weight excluding hydrogens is 719 g/mol. The van der Waals surface area contributed by atoms with Crippen LogP contribution in [0.5, 0.6) is 0 Å². The molecule has 1 rings (SSSR count). The first-order chi connectivity index (χ1) is 23.6. The summed E-state index contributed by atoms with van der Waals surface area (Å²) in [5.74, 6) is 1.06. The van der Waals surface area contributed by atoms with Gasteiger partial charge in [-0.1, -0.05) is 189 Å². The van der Waals surface area contributed by atoms with Crippen molar-refractivity contribution >= 4 is 31.2 Å². The molecule has 0 N–H and O–H groups in total. The molecule has 0 bridgehead atoms. The fourth-order valence-electron chi connectivity index (χ4n) is 6.98. The van der Waals surface area contributed by atoms with Gasteiger partial charge in [0.1, 0.15) is 6.29 Å². The number of alkyl halides is 1. The zero-order valence-corrected chi connectivity index (χ0v) is 35.8. The van der Waals surface area contributed by atoms with Crippen LogP contribution in [0.2, 0.25) is 13.1 Å². The van der Waals surface area contributed by atoms with Gasteiger partial charge < -0.3 is 13.6 Å². The number of hydrogen-bond acceptors (Lipinski definition) is 3. The van der Waals surface area contributed by atoms with Crippen LogP contribution >= 0.6 is 22.6 Å². The lowest BCUT2D eigenvalue weighted by Crippen LogP contribution is -2.40. The summed E-state index contributed by atoms with van der Waals surface area (Å²) >= 11 is 2.47. The highest BCUT2D eigenvalue weighted by Gasteiger charge is 2.29. The summed E-state index contributed by atoms with van der Waals surface area (Å²) in [6, 6.07) is 0. The minimum atomic E-state index is -2.19. The predicted molar refractivity (Wildman–Crippen MR) is 224 cm³/mol. The Labute approximate surface area is 316 Å². The third-order valence-electron chi connectivity index (χ3n) is 10.1. The molecule has 1 aliphatic carbocycles. The summed E-state index contributed by atoms with van der Waals surface area (Å²) in [5.41, 5.74) is 0. The largest absolute Gasteiger partial charge is 0.394 e. The molecule has 0 saturated heterocycles. The second kappa shape index (κ2) is 35.7. The Hall–Kier alpha value is 0.307. The summed E-state index contributed by atoms with van der Waals surface area (Å²) in [6.07, 6.45) is 50.7. The van der Waals surface area contributed by atoms with Gasteiger partial charge in [0.15, 0.2) is 0 Å². The molecule has 0 radical (unpaired) electrons. The molecule has 0 heterocycles. The van der Waals surface area contributed by atoms with Crippen molar-refractivity contribution in [1.29, 1.82) is 0 Å². The molecule has 0 amide bonds. The Morgan fingerprint density at radius 2 is 1.15 bits per heavy atom. The van der Waals surface area contributed by atoms with Gasteiger partial charge in [-0.05, 0) is 87.6 Å². The highest BCUT2D eigenvalue weighted by atomic mass is 127. The monoisotopic (exact) mass is 803 g/mol. The van der Waals surface area contributed by atoms with Gasteiger partial charge in [0.2, 0.25) is 0 Å². The number of halogens is 1. The number of rotatable bonds is 36. The normalized spacial score (nSPS) is 15.3. The van der Waals surface area contributed by atoms with Crippen LogP contribution < -0.4 is 0 Å². The first kappa shape index (κ1) is 46.3. The third kappa shape index (κ3) is 32.2. The lowest BCUT2D eigenvalue weighted by atomic mass is 9.85. The fourth-order valence-corrected chi connectivity index (χ4v) is 9.04. The third-order valence-corrected chi connectivity index (χ3v) is 12.6. The second-order valence-electron chi connectivity index (χ2n) is 15.3. The number of hydrogen-bond donors (Lipinski definition) is 0. The molecule has 0 aromatic rings. The van der Waals surface area contributed by atoms with Gasteiger partial charge in [-0.15, -0.1) is 0 Å². The van der Waals surface area contributed by atoms with Crippen LogP contribution in [-0.2, 0) is 13.6 Å². The van der Waals surface area contributed by atoms with Crippen molar-refractivity contribution in [1.82, 2.24) is 0 Å². The summed E-state index contributed by atoms with van der Waals surface area (Å²) in [6.45, 7) is 8.34. The molecule has 0 aliphatic heterocycles. The van der Waals surface area contributed by atoms with Crippen molar-refractivity contribution in [2.24, 2.45) is 5.92 Å². The Morgan fingerprint density at radius 3 is 1.79 bits per heavy atom. The van der Waals surface area contributed by atoms with E-state index in [0.717, 1.165) is 44.8 Å². The Kier molecular flexibility index (Phi) is 34.5. The molecule has 3 nitrogen and oxygen atoms in total. The van der Waals surface area contributed by atoms with Crippen molar-refractivity contribution in [2.45, 2.75) is 225 Å². The van der Waals surface area contributed by atoms with E-state index in [1.54, 1.807) is 0 Å². The van der Waals surface area contributed by atoms with Crippen LogP contribution in [0, 0.1) is 5.92 Å². The van der Waals surface area contributed by atoms with E-state index < -0.39 is 8.56 Å². The number of unbranched alkanes of at least 4 members (excludes halogenated alkanes) is 19. The van der Waals surface area contributed by atoms with Crippen LogP contribution in [0.25, 0.3) is 0 Å². The van der Waals surface area contributed by atoms with Gasteiger partial charge in [0, 0.05) is 13.2 Å². The van der Waals surface area contributed by atoms with Gasteiger partial charge in [-0.25, -0.2) is 0 Å². The zero-order chi connectivity index (χ0) is 34.6. The summed E-state index contributed by atoms with van der Waals surface area (Å²) in [7, 11) is -2.19. The lowest BCUT2D eigenvalue weighted by molar-refractivity contribution is -0.104.